The Morgan fingerprint density at radius 2 is 2.05 bits per heavy atom. The standard InChI is InChI=1S/C14H15N3O5/c1-7-6-9(17(20)21)4-5-10(7)12-11(13(18)22-3)8(2)15-14(19)16-12/h4-6,12H,1-3H3,(H2,15,16,19)/t12-/m0/s1. The van der Waals surface area contributed by atoms with Gasteiger partial charge in [0.1, 0.15) is 0 Å². The van der Waals surface area contributed by atoms with Crippen LogP contribution in [0.2, 0.25) is 0 Å². The van der Waals surface area contributed by atoms with Crippen molar-refractivity contribution in [3.63, 3.8) is 0 Å². The molecule has 1 aromatic rings. The average Bonchev–Trinajstić information content (AvgIpc) is 2.45. The minimum atomic E-state index is -0.720. The van der Waals surface area contributed by atoms with Gasteiger partial charge in [-0.05, 0) is 31.0 Å². The lowest BCUT2D eigenvalue weighted by Gasteiger charge is -2.28. The summed E-state index contributed by atoms with van der Waals surface area (Å²) in [5.74, 6) is -0.576. The van der Waals surface area contributed by atoms with E-state index >= 15 is 0 Å². The Kier molecular flexibility index (Phi) is 4.11. The summed E-state index contributed by atoms with van der Waals surface area (Å²) in [6, 6.07) is 3.09. The number of urea groups is 1. The molecule has 1 heterocycles. The number of non-ortho nitro benzene ring substituents is 1. The molecule has 2 rings (SSSR count). The average molecular weight is 305 g/mol. The van der Waals surface area contributed by atoms with Crippen LogP contribution >= 0.6 is 0 Å². The zero-order valence-electron chi connectivity index (χ0n) is 12.3. The molecule has 1 aliphatic rings. The van der Waals surface area contributed by atoms with Gasteiger partial charge in [0.25, 0.3) is 5.69 Å². The molecular weight excluding hydrogens is 290 g/mol. The van der Waals surface area contributed by atoms with Crippen LogP contribution in [-0.2, 0) is 9.53 Å². The van der Waals surface area contributed by atoms with E-state index < -0.39 is 23.0 Å². The Bertz CT molecular complexity index is 696. The predicted molar refractivity (Wildman–Crippen MR) is 77.0 cm³/mol. The molecule has 0 spiro atoms. The number of ether oxygens (including phenoxy) is 1. The fourth-order valence-corrected chi connectivity index (χ4v) is 2.40. The van der Waals surface area contributed by atoms with E-state index in [-0.39, 0.29) is 11.3 Å². The molecule has 0 radical (unpaired) electrons. The Hall–Kier alpha value is -2.90. The van der Waals surface area contributed by atoms with Crippen LogP contribution in [0.15, 0.2) is 29.5 Å². The normalized spacial score (nSPS) is 17.6. The highest BCUT2D eigenvalue weighted by Gasteiger charge is 2.32. The molecule has 1 aliphatic heterocycles. The van der Waals surface area contributed by atoms with E-state index in [1.807, 2.05) is 0 Å². The van der Waals surface area contributed by atoms with Crippen LogP contribution in [0.3, 0.4) is 0 Å². The predicted octanol–water partition coefficient (Wildman–Crippen LogP) is 1.70. The smallest absolute Gasteiger partial charge is 0.337 e. The topological polar surface area (TPSA) is 111 Å². The number of amides is 2. The third-order valence-electron chi connectivity index (χ3n) is 3.45. The van der Waals surface area contributed by atoms with Crippen LogP contribution in [0.1, 0.15) is 24.1 Å². The van der Waals surface area contributed by atoms with E-state index in [0.29, 0.717) is 16.8 Å². The van der Waals surface area contributed by atoms with Gasteiger partial charge in [-0.3, -0.25) is 10.1 Å². The lowest BCUT2D eigenvalue weighted by molar-refractivity contribution is -0.384. The van der Waals surface area contributed by atoms with E-state index in [9.17, 15) is 19.7 Å². The first kappa shape index (κ1) is 15.5. The summed E-state index contributed by atoms with van der Waals surface area (Å²) in [5, 5.41) is 16.0. The molecule has 116 valence electrons. The molecule has 0 aromatic heterocycles. The lowest BCUT2D eigenvalue weighted by Crippen LogP contribution is -2.45. The van der Waals surface area contributed by atoms with E-state index in [1.54, 1.807) is 13.8 Å². The number of nitro groups is 1. The zero-order valence-corrected chi connectivity index (χ0v) is 12.3. The first-order valence-corrected chi connectivity index (χ1v) is 6.46. The van der Waals surface area contributed by atoms with Crippen LogP contribution in [0.4, 0.5) is 10.5 Å². The molecule has 0 aliphatic carbocycles. The number of nitro benzene ring substituents is 1. The third kappa shape index (κ3) is 2.76. The number of carbonyl (C=O) groups is 2. The quantitative estimate of drug-likeness (QED) is 0.501. The molecule has 0 bridgehead atoms. The van der Waals surface area contributed by atoms with Gasteiger partial charge in [0.2, 0.25) is 0 Å². The van der Waals surface area contributed by atoms with Gasteiger partial charge in [0.05, 0.1) is 23.6 Å². The largest absolute Gasteiger partial charge is 0.466 e. The highest BCUT2D eigenvalue weighted by molar-refractivity contribution is 5.95. The van der Waals surface area contributed by atoms with Crippen LogP contribution < -0.4 is 10.6 Å². The number of rotatable bonds is 3. The van der Waals surface area contributed by atoms with Crippen molar-refractivity contribution in [2.75, 3.05) is 7.11 Å². The fourth-order valence-electron chi connectivity index (χ4n) is 2.40. The summed E-state index contributed by atoms with van der Waals surface area (Å²) in [6.45, 7) is 3.28. The second-order valence-electron chi connectivity index (χ2n) is 4.86. The first-order chi connectivity index (χ1) is 10.3. The highest BCUT2D eigenvalue weighted by Crippen LogP contribution is 2.31. The zero-order chi connectivity index (χ0) is 16.4. The van der Waals surface area contributed by atoms with Crippen molar-refractivity contribution in [3.8, 4) is 0 Å². The minimum Gasteiger partial charge on any atom is -0.466 e. The summed E-state index contributed by atoms with van der Waals surface area (Å²) < 4.78 is 4.75. The summed E-state index contributed by atoms with van der Waals surface area (Å²) in [7, 11) is 1.25. The van der Waals surface area contributed by atoms with Gasteiger partial charge in [0.15, 0.2) is 0 Å². The van der Waals surface area contributed by atoms with Crippen molar-refractivity contribution >= 4 is 17.7 Å². The van der Waals surface area contributed by atoms with Crippen molar-refractivity contribution in [1.29, 1.82) is 0 Å². The van der Waals surface area contributed by atoms with Crippen molar-refractivity contribution in [3.05, 3.63) is 50.7 Å². The molecule has 2 amide bonds. The van der Waals surface area contributed by atoms with Gasteiger partial charge in [-0.2, -0.15) is 0 Å². The molecule has 0 saturated heterocycles. The van der Waals surface area contributed by atoms with Crippen molar-refractivity contribution in [2.45, 2.75) is 19.9 Å². The van der Waals surface area contributed by atoms with Gasteiger partial charge in [-0.25, -0.2) is 9.59 Å². The van der Waals surface area contributed by atoms with E-state index in [0.717, 1.165) is 0 Å². The SMILES string of the molecule is COC(=O)C1=C(C)NC(=O)N[C@H]1c1ccc([N+](=O)[O-])cc1C. The van der Waals surface area contributed by atoms with E-state index in [2.05, 4.69) is 10.6 Å². The number of hydrogen-bond donors (Lipinski definition) is 2. The molecule has 22 heavy (non-hydrogen) atoms. The number of esters is 1. The van der Waals surface area contributed by atoms with E-state index in [4.69, 9.17) is 4.74 Å². The van der Waals surface area contributed by atoms with Gasteiger partial charge < -0.3 is 15.4 Å². The van der Waals surface area contributed by atoms with Gasteiger partial charge >= 0.3 is 12.0 Å². The monoisotopic (exact) mass is 305 g/mol. The molecule has 0 fully saturated rings. The number of nitrogens with zero attached hydrogens (tertiary/aromatic N) is 1. The number of nitrogens with one attached hydrogen (secondary N) is 2. The Balaban J connectivity index is 2.53. The van der Waals surface area contributed by atoms with Crippen molar-refractivity contribution in [2.24, 2.45) is 0 Å². The molecule has 8 heteroatoms. The lowest BCUT2D eigenvalue weighted by atomic mass is 9.92. The number of aryl methyl sites for hydroxylation is 1. The molecule has 1 atom stereocenters. The van der Waals surface area contributed by atoms with E-state index in [1.165, 1.54) is 25.3 Å². The molecule has 0 unspecified atom stereocenters. The maximum absolute atomic E-state index is 12.0. The first-order valence-electron chi connectivity index (χ1n) is 6.46. The van der Waals surface area contributed by atoms with Gasteiger partial charge in [-0.15, -0.1) is 0 Å². The maximum Gasteiger partial charge on any atom is 0.337 e. The van der Waals surface area contributed by atoms with Crippen LogP contribution in [0.25, 0.3) is 0 Å². The molecule has 8 nitrogen and oxygen atoms in total. The van der Waals surface area contributed by atoms with Crippen LogP contribution in [0.5, 0.6) is 0 Å². The minimum absolute atomic E-state index is 0.0539. The van der Waals surface area contributed by atoms with Crippen molar-refractivity contribution < 1.29 is 19.2 Å². The van der Waals surface area contributed by atoms with Gasteiger partial charge in [0, 0.05) is 17.8 Å². The number of hydrogen-bond acceptors (Lipinski definition) is 5. The summed E-state index contributed by atoms with van der Waals surface area (Å²) in [6.07, 6.45) is 0. The number of methoxy groups -OCH3 is 1. The number of allylic oxidation sites excluding steroid dienone is 1. The summed E-state index contributed by atoms with van der Waals surface area (Å²) in [4.78, 5) is 34.0. The Morgan fingerprint density at radius 1 is 1.36 bits per heavy atom. The van der Waals surface area contributed by atoms with Gasteiger partial charge in [-0.1, -0.05) is 0 Å². The second kappa shape index (κ2) is 5.84. The molecule has 0 saturated carbocycles. The summed E-state index contributed by atoms with van der Waals surface area (Å²) in [5.41, 5.74) is 1.79. The Labute approximate surface area is 126 Å². The molecule has 2 N–H and O–H groups in total. The summed E-state index contributed by atoms with van der Waals surface area (Å²) >= 11 is 0. The fraction of sp³-hybridized carbons (Fsp3) is 0.286. The van der Waals surface area contributed by atoms with Crippen LogP contribution in [-0.4, -0.2) is 24.0 Å². The Morgan fingerprint density at radius 3 is 2.59 bits per heavy atom. The molecular formula is C14H15N3O5. The van der Waals surface area contributed by atoms with Crippen LogP contribution in [0, 0.1) is 17.0 Å². The second-order valence-corrected chi connectivity index (χ2v) is 4.86. The maximum atomic E-state index is 12.0. The number of benzene rings is 1. The molecule has 1 aromatic carbocycles. The van der Waals surface area contributed by atoms with Crippen molar-refractivity contribution in [1.82, 2.24) is 10.6 Å². The number of carbonyl (C=O) groups excluding carboxylic acids is 2. The highest BCUT2D eigenvalue weighted by atomic mass is 16.6. The third-order valence-corrected chi connectivity index (χ3v) is 3.45.